The molecule has 21 heavy (non-hydrogen) atoms. The molecule has 1 aromatic carbocycles. The number of anilines is 1. The summed E-state index contributed by atoms with van der Waals surface area (Å²) in [5.41, 5.74) is 0.645. The van der Waals surface area contributed by atoms with E-state index in [9.17, 15) is 9.18 Å². The molecular formula is C17H27FN2O. The van der Waals surface area contributed by atoms with E-state index in [0.29, 0.717) is 36.4 Å². The van der Waals surface area contributed by atoms with Gasteiger partial charge in [-0.1, -0.05) is 33.8 Å². The fraction of sp³-hybridized carbons (Fsp3) is 0.588. The van der Waals surface area contributed by atoms with E-state index in [1.54, 1.807) is 12.1 Å². The van der Waals surface area contributed by atoms with Crippen LogP contribution in [0.15, 0.2) is 18.2 Å². The maximum Gasteiger partial charge on any atom is 0.253 e. The number of amides is 1. The van der Waals surface area contributed by atoms with Crippen LogP contribution in [0.3, 0.4) is 0 Å². The lowest BCUT2D eigenvalue weighted by Gasteiger charge is -2.25. The molecule has 0 radical (unpaired) electrons. The maximum atomic E-state index is 13.8. The molecule has 1 amide bonds. The molecule has 0 fully saturated rings. The third kappa shape index (κ3) is 4.73. The second-order valence-corrected chi connectivity index (χ2v) is 6.05. The molecule has 4 heteroatoms. The number of hydrogen-bond acceptors (Lipinski definition) is 2. The van der Waals surface area contributed by atoms with Crippen molar-refractivity contribution in [1.29, 1.82) is 0 Å². The van der Waals surface area contributed by atoms with E-state index in [1.165, 1.54) is 6.07 Å². The van der Waals surface area contributed by atoms with Crippen LogP contribution < -0.4 is 10.6 Å². The Balaban J connectivity index is 2.83. The molecule has 0 spiro atoms. The second-order valence-electron chi connectivity index (χ2n) is 6.05. The van der Waals surface area contributed by atoms with Crippen LogP contribution in [0.4, 0.5) is 10.1 Å². The minimum absolute atomic E-state index is 0.225. The van der Waals surface area contributed by atoms with Gasteiger partial charge in [0.1, 0.15) is 5.82 Å². The van der Waals surface area contributed by atoms with Crippen molar-refractivity contribution in [2.75, 3.05) is 18.4 Å². The van der Waals surface area contributed by atoms with E-state index >= 15 is 0 Å². The van der Waals surface area contributed by atoms with Crippen molar-refractivity contribution in [3.05, 3.63) is 29.6 Å². The molecule has 0 atom stereocenters. The van der Waals surface area contributed by atoms with Crippen LogP contribution in [0.25, 0.3) is 0 Å². The molecule has 0 aliphatic heterocycles. The van der Waals surface area contributed by atoms with Crippen molar-refractivity contribution in [3.8, 4) is 0 Å². The standard InChI is InChI=1S/C17H27FN2O/c1-6-19-16-13(8-7-9-15(16)18)17(21)20-10-14(11(2)3)12(4)5/h7-9,11-12,14,19H,6,10H2,1-5H3,(H,20,21). The summed E-state index contributed by atoms with van der Waals surface area (Å²) in [7, 11) is 0. The topological polar surface area (TPSA) is 41.1 Å². The van der Waals surface area contributed by atoms with Gasteiger partial charge in [0, 0.05) is 13.1 Å². The van der Waals surface area contributed by atoms with E-state index in [1.807, 2.05) is 6.92 Å². The number of rotatable bonds is 7. The summed E-state index contributed by atoms with van der Waals surface area (Å²) in [5.74, 6) is 0.771. The van der Waals surface area contributed by atoms with E-state index in [4.69, 9.17) is 0 Å². The van der Waals surface area contributed by atoms with Crippen LogP contribution in [0.1, 0.15) is 45.0 Å². The molecule has 0 aliphatic rings. The zero-order chi connectivity index (χ0) is 16.0. The molecule has 2 N–H and O–H groups in total. The molecule has 1 rings (SSSR count). The molecule has 1 aromatic rings. The monoisotopic (exact) mass is 294 g/mol. The number of carbonyl (C=O) groups is 1. The van der Waals surface area contributed by atoms with Crippen molar-refractivity contribution in [2.24, 2.45) is 17.8 Å². The smallest absolute Gasteiger partial charge is 0.253 e. The van der Waals surface area contributed by atoms with Crippen molar-refractivity contribution in [2.45, 2.75) is 34.6 Å². The first-order chi connectivity index (χ1) is 9.88. The molecule has 0 aromatic heterocycles. The lowest BCUT2D eigenvalue weighted by Crippen LogP contribution is -2.34. The first-order valence-electron chi connectivity index (χ1n) is 7.69. The highest BCUT2D eigenvalue weighted by Crippen LogP contribution is 2.22. The molecule has 0 unspecified atom stereocenters. The van der Waals surface area contributed by atoms with Gasteiger partial charge in [-0.3, -0.25) is 4.79 Å². The highest BCUT2D eigenvalue weighted by Gasteiger charge is 2.20. The molecule has 0 heterocycles. The molecule has 0 aliphatic carbocycles. The number of halogens is 1. The maximum absolute atomic E-state index is 13.8. The number of nitrogens with one attached hydrogen (secondary N) is 2. The summed E-state index contributed by atoms with van der Waals surface area (Å²) in [5, 5.41) is 5.86. The first kappa shape index (κ1) is 17.5. The highest BCUT2D eigenvalue weighted by atomic mass is 19.1. The predicted octanol–water partition coefficient (Wildman–Crippen LogP) is 3.92. The zero-order valence-electron chi connectivity index (χ0n) is 13.7. The normalized spacial score (nSPS) is 11.3. The van der Waals surface area contributed by atoms with Gasteiger partial charge in [-0.25, -0.2) is 4.39 Å². The van der Waals surface area contributed by atoms with Gasteiger partial charge >= 0.3 is 0 Å². The lowest BCUT2D eigenvalue weighted by molar-refractivity contribution is 0.0937. The zero-order valence-corrected chi connectivity index (χ0v) is 13.7. The summed E-state index contributed by atoms with van der Waals surface area (Å²) in [6, 6.07) is 4.57. The van der Waals surface area contributed by atoms with Crippen LogP contribution in [0.2, 0.25) is 0 Å². The van der Waals surface area contributed by atoms with Gasteiger partial charge < -0.3 is 10.6 Å². The van der Waals surface area contributed by atoms with Gasteiger partial charge in [0.05, 0.1) is 11.3 Å². The summed E-state index contributed by atoms with van der Waals surface area (Å²) in [6.45, 7) is 11.7. The fourth-order valence-electron chi connectivity index (χ4n) is 2.62. The summed E-state index contributed by atoms with van der Waals surface area (Å²) >= 11 is 0. The molecule has 118 valence electrons. The van der Waals surface area contributed by atoms with Gasteiger partial charge in [-0.2, -0.15) is 0 Å². The Morgan fingerprint density at radius 3 is 2.33 bits per heavy atom. The first-order valence-corrected chi connectivity index (χ1v) is 7.69. The SMILES string of the molecule is CCNc1c(F)cccc1C(=O)NCC(C(C)C)C(C)C. The van der Waals surface area contributed by atoms with Crippen molar-refractivity contribution < 1.29 is 9.18 Å². The summed E-state index contributed by atoms with van der Waals surface area (Å²) < 4.78 is 13.8. The number of para-hydroxylation sites is 1. The van der Waals surface area contributed by atoms with Crippen LogP contribution in [-0.2, 0) is 0 Å². The van der Waals surface area contributed by atoms with Gasteiger partial charge in [-0.15, -0.1) is 0 Å². The summed E-state index contributed by atoms with van der Waals surface area (Å²) in [4.78, 5) is 12.3. The quantitative estimate of drug-likeness (QED) is 0.800. The van der Waals surface area contributed by atoms with Crippen LogP contribution in [-0.4, -0.2) is 19.0 Å². The molecule has 0 bridgehead atoms. The number of carbonyl (C=O) groups excluding carboxylic acids is 1. The Hall–Kier alpha value is -1.58. The van der Waals surface area contributed by atoms with Crippen molar-refractivity contribution in [3.63, 3.8) is 0 Å². The fourth-order valence-corrected chi connectivity index (χ4v) is 2.62. The minimum atomic E-state index is -0.395. The lowest BCUT2D eigenvalue weighted by atomic mass is 9.85. The van der Waals surface area contributed by atoms with E-state index in [0.717, 1.165) is 0 Å². The van der Waals surface area contributed by atoms with Crippen molar-refractivity contribution >= 4 is 11.6 Å². The van der Waals surface area contributed by atoms with Gasteiger partial charge in [0.15, 0.2) is 0 Å². The van der Waals surface area contributed by atoms with Gasteiger partial charge in [0.2, 0.25) is 0 Å². The molecule has 3 nitrogen and oxygen atoms in total. The Morgan fingerprint density at radius 1 is 1.19 bits per heavy atom. The number of benzene rings is 1. The third-order valence-corrected chi connectivity index (χ3v) is 3.82. The average Bonchev–Trinajstić information content (AvgIpc) is 2.40. The molecule has 0 saturated heterocycles. The third-order valence-electron chi connectivity index (χ3n) is 3.82. The van der Waals surface area contributed by atoms with E-state index in [2.05, 4.69) is 38.3 Å². The van der Waals surface area contributed by atoms with Crippen molar-refractivity contribution in [1.82, 2.24) is 5.32 Å². The Morgan fingerprint density at radius 2 is 1.81 bits per heavy atom. The highest BCUT2D eigenvalue weighted by molar-refractivity contribution is 5.99. The number of hydrogen-bond donors (Lipinski definition) is 2. The largest absolute Gasteiger partial charge is 0.382 e. The van der Waals surface area contributed by atoms with E-state index in [-0.39, 0.29) is 11.6 Å². The average molecular weight is 294 g/mol. The molecule has 0 saturated carbocycles. The summed E-state index contributed by atoms with van der Waals surface area (Å²) in [6.07, 6.45) is 0. The second kappa shape index (κ2) is 8.01. The Kier molecular flexibility index (Phi) is 6.66. The van der Waals surface area contributed by atoms with Crippen LogP contribution in [0, 0.1) is 23.6 Å². The van der Waals surface area contributed by atoms with E-state index < -0.39 is 5.82 Å². The Labute approximate surface area is 127 Å². The Bertz CT molecular complexity index is 464. The van der Waals surface area contributed by atoms with Gasteiger partial charge in [-0.05, 0) is 36.8 Å². The van der Waals surface area contributed by atoms with Gasteiger partial charge in [0.25, 0.3) is 5.91 Å². The van der Waals surface area contributed by atoms with Crippen LogP contribution >= 0.6 is 0 Å². The van der Waals surface area contributed by atoms with Crippen LogP contribution in [0.5, 0.6) is 0 Å². The molecular weight excluding hydrogens is 267 g/mol. The predicted molar refractivity (Wildman–Crippen MR) is 86.1 cm³/mol. The minimum Gasteiger partial charge on any atom is -0.382 e.